The van der Waals surface area contributed by atoms with Gasteiger partial charge in [-0.15, -0.1) is 0 Å². The average Bonchev–Trinajstić information content (AvgIpc) is 2.41. The number of hydrogen-bond acceptors (Lipinski definition) is 2. The Morgan fingerprint density at radius 3 is 2.33 bits per heavy atom. The number of ketones is 1. The number of halogens is 4. The third-order valence-corrected chi connectivity index (χ3v) is 4.39. The van der Waals surface area contributed by atoms with E-state index in [4.69, 9.17) is 16.9 Å². The van der Waals surface area contributed by atoms with Crippen LogP contribution in [0.25, 0.3) is 0 Å². The molecule has 0 heterocycles. The van der Waals surface area contributed by atoms with Gasteiger partial charge in [-0.3, -0.25) is 4.79 Å². The minimum atomic E-state index is -1.29. The molecule has 1 atom stereocenters. The van der Waals surface area contributed by atoms with Crippen LogP contribution in [0.1, 0.15) is 21.8 Å². The predicted molar refractivity (Wildman–Crippen MR) is 83.2 cm³/mol. The molecular weight excluding hydrogens is 411 g/mol. The normalized spacial score (nSPS) is 11.8. The summed E-state index contributed by atoms with van der Waals surface area (Å²) in [5.74, 6) is -3.51. The fourth-order valence-corrected chi connectivity index (χ4v) is 2.36. The van der Waals surface area contributed by atoms with E-state index >= 15 is 0 Å². The Hall–Kier alpha value is -1.52. The lowest BCUT2D eigenvalue weighted by atomic mass is 9.92. The number of carbonyl (C=O) groups excluding carboxylic acids is 1. The summed E-state index contributed by atoms with van der Waals surface area (Å²) >= 11 is 7.94. The van der Waals surface area contributed by atoms with Crippen molar-refractivity contribution in [2.24, 2.45) is 0 Å². The smallest absolute Gasteiger partial charge is 0.184 e. The summed E-state index contributed by atoms with van der Waals surface area (Å²) in [6.45, 7) is 0. The van der Waals surface area contributed by atoms with Crippen LogP contribution in [-0.2, 0) is 0 Å². The molecule has 2 aromatic rings. The monoisotopic (exact) mass is 417 g/mol. The lowest BCUT2D eigenvalue weighted by molar-refractivity contribution is 0.0978. The largest absolute Gasteiger partial charge is 0.292 e. The Labute approximate surface area is 138 Å². The predicted octanol–water partition coefficient (Wildman–Crippen LogP) is 4.71. The molecule has 0 amide bonds. The number of nitrogens with zero attached hydrogens (tertiary/aromatic N) is 1. The van der Waals surface area contributed by atoms with E-state index in [2.05, 4.69) is 0 Å². The van der Waals surface area contributed by atoms with Gasteiger partial charge in [0.2, 0.25) is 0 Å². The molecule has 106 valence electrons. The van der Waals surface area contributed by atoms with Crippen LogP contribution in [0.3, 0.4) is 0 Å². The molecule has 0 aromatic heterocycles. The number of carbonyl (C=O) groups is 1. The first-order valence-electron chi connectivity index (χ1n) is 5.77. The van der Waals surface area contributed by atoms with E-state index in [1.807, 2.05) is 22.6 Å². The minimum absolute atomic E-state index is 0.0188. The van der Waals surface area contributed by atoms with Crippen molar-refractivity contribution < 1.29 is 13.6 Å². The van der Waals surface area contributed by atoms with Crippen molar-refractivity contribution in [1.29, 1.82) is 5.26 Å². The van der Waals surface area contributed by atoms with Crippen LogP contribution in [0.5, 0.6) is 0 Å². The molecule has 0 fully saturated rings. The van der Waals surface area contributed by atoms with Gasteiger partial charge in [0.05, 0.1) is 11.1 Å². The molecule has 6 heteroatoms. The molecule has 0 aliphatic heterocycles. The number of rotatable bonds is 3. The topological polar surface area (TPSA) is 40.9 Å². The highest BCUT2D eigenvalue weighted by Crippen LogP contribution is 2.25. The third kappa shape index (κ3) is 3.57. The standard InChI is InChI=1S/C15H7ClF2INO/c16-13-5-8(1-2-14(13)19)15(21)12(7-20)9-3-10(17)6-11(18)4-9/h1-6,12H. The molecule has 0 radical (unpaired) electrons. The van der Waals surface area contributed by atoms with E-state index in [0.29, 0.717) is 11.1 Å². The van der Waals surface area contributed by atoms with Crippen molar-refractivity contribution in [2.75, 3.05) is 0 Å². The molecule has 2 rings (SSSR count). The van der Waals surface area contributed by atoms with Gasteiger partial charge in [-0.1, -0.05) is 17.7 Å². The van der Waals surface area contributed by atoms with Crippen molar-refractivity contribution in [2.45, 2.75) is 5.92 Å². The van der Waals surface area contributed by atoms with Crippen LogP contribution in [0, 0.1) is 26.5 Å². The van der Waals surface area contributed by atoms with Gasteiger partial charge in [-0.05, 0) is 52.4 Å². The van der Waals surface area contributed by atoms with Gasteiger partial charge in [0.15, 0.2) is 5.78 Å². The zero-order valence-corrected chi connectivity index (χ0v) is 13.3. The maximum atomic E-state index is 13.2. The highest BCUT2D eigenvalue weighted by molar-refractivity contribution is 14.1. The van der Waals surface area contributed by atoms with Crippen LogP contribution in [0.15, 0.2) is 36.4 Å². The minimum Gasteiger partial charge on any atom is -0.292 e. The van der Waals surface area contributed by atoms with Crippen molar-refractivity contribution >= 4 is 40.0 Å². The number of benzene rings is 2. The molecule has 0 saturated heterocycles. The molecule has 2 nitrogen and oxygen atoms in total. The second-order valence-electron chi connectivity index (χ2n) is 4.26. The maximum Gasteiger partial charge on any atom is 0.184 e. The Morgan fingerprint density at radius 1 is 1.19 bits per heavy atom. The van der Waals surface area contributed by atoms with Gasteiger partial charge in [-0.2, -0.15) is 5.26 Å². The molecule has 0 aliphatic rings. The summed E-state index contributed by atoms with van der Waals surface area (Å²) in [5.41, 5.74) is 0.200. The summed E-state index contributed by atoms with van der Waals surface area (Å²) < 4.78 is 27.2. The molecule has 0 N–H and O–H groups in total. The summed E-state index contributed by atoms with van der Waals surface area (Å²) in [6, 6.07) is 9.01. The molecular formula is C15H7ClF2INO. The summed E-state index contributed by atoms with van der Waals surface area (Å²) in [7, 11) is 0. The summed E-state index contributed by atoms with van der Waals surface area (Å²) in [6.07, 6.45) is 0. The Bertz CT molecular complexity index is 738. The summed E-state index contributed by atoms with van der Waals surface area (Å²) in [4.78, 5) is 12.3. The first-order chi connectivity index (χ1) is 9.92. The zero-order chi connectivity index (χ0) is 15.6. The maximum absolute atomic E-state index is 13.2. The SMILES string of the molecule is N#CC(C(=O)c1ccc(I)c(Cl)c1)c1cc(F)cc(F)c1. The van der Waals surface area contributed by atoms with E-state index in [1.54, 1.807) is 12.1 Å². The first kappa shape index (κ1) is 15.9. The lowest BCUT2D eigenvalue weighted by Crippen LogP contribution is -2.12. The third-order valence-electron chi connectivity index (χ3n) is 2.81. The van der Waals surface area contributed by atoms with Crippen molar-refractivity contribution in [3.05, 3.63) is 67.8 Å². The van der Waals surface area contributed by atoms with E-state index < -0.39 is 23.3 Å². The molecule has 0 bridgehead atoms. The Morgan fingerprint density at radius 2 is 1.81 bits per heavy atom. The van der Waals surface area contributed by atoms with Crippen LogP contribution in [0.4, 0.5) is 8.78 Å². The first-order valence-corrected chi connectivity index (χ1v) is 7.23. The lowest BCUT2D eigenvalue weighted by Gasteiger charge is -2.10. The molecule has 2 aromatic carbocycles. The van der Waals surface area contributed by atoms with Gasteiger partial charge in [-0.25, -0.2) is 8.78 Å². The Balaban J connectivity index is 2.43. The molecule has 0 spiro atoms. The van der Waals surface area contributed by atoms with Crippen molar-refractivity contribution in [3.63, 3.8) is 0 Å². The second kappa shape index (κ2) is 6.50. The van der Waals surface area contributed by atoms with E-state index in [9.17, 15) is 13.6 Å². The van der Waals surface area contributed by atoms with Gasteiger partial charge in [0.1, 0.15) is 17.6 Å². The number of nitriles is 1. The highest BCUT2D eigenvalue weighted by Gasteiger charge is 2.23. The van der Waals surface area contributed by atoms with Crippen LogP contribution in [0.2, 0.25) is 5.02 Å². The second-order valence-corrected chi connectivity index (χ2v) is 5.83. The number of Topliss-reactive ketones (excluding diaryl/α,β-unsaturated/α-hetero) is 1. The van der Waals surface area contributed by atoms with Gasteiger partial charge in [0.25, 0.3) is 0 Å². The van der Waals surface area contributed by atoms with Crippen LogP contribution < -0.4 is 0 Å². The van der Waals surface area contributed by atoms with Crippen molar-refractivity contribution in [1.82, 2.24) is 0 Å². The van der Waals surface area contributed by atoms with Gasteiger partial charge in [0, 0.05) is 15.2 Å². The van der Waals surface area contributed by atoms with Crippen LogP contribution in [-0.4, -0.2) is 5.78 Å². The average molecular weight is 418 g/mol. The quantitative estimate of drug-likeness (QED) is 0.536. The van der Waals surface area contributed by atoms with E-state index in [0.717, 1.165) is 15.7 Å². The Kier molecular flexibility index (Phi) is 4.91. The van der Waals surface area contributed by atoms with E-state index in [-0.39, 0.29) is 11.1 Å². The molecule has 0 saturated carbocycles. The fraction of sp³-hybridized carbons (Fsp3) is 0.0667. The van der Waals surface area contributed by atoms with Gasteiger partial charge >= 0.3 is 0 Å². The molecule has 21 heavy (non-hydrogen) atoms. The molecule has 0 aliphatic carbocycles. The summed E-state index contributed by atoms with van der Waals surface area (Å²) in [5, 5.41) is 9.54. The van der Waals surface area contributed by atoms with Gasteiger partial charge < -0.3 is 0 Å². The number of hydrogen-bond donors (Lipinski definition) is 0. The highest BCUT2D eigenvalue weighted by atomic mass is 127. The molecule has 1 unspecified atom stereocenters. The fourth-order valence-electron chi connectivity index (χ4n) is 1.84. The van der Waals surface area contributed by atoms with Crippen LogP contribution >= 0.6 is 34.2 Å². The van der Waals surface area contributed by atoms with E-state index in [1.165, 1.54) is 12.1 Å². The van der Waals surface area contributed by atoms with Crippen molar-refractivity contribution in [3.8, 4) is 6.07 Å². The zero-order valence-electron chi connectivity index (χ0n) is 10.4.